The van der Waals surface area contributed by atoms with Gasteiger partial charge >= 0.3 is 0 Å². The Bertz CT molecular complexity index is 308. The lowest BCUT2D eigenvalue weighted by molar-refractivity contribution is -0.133. The lowest BCUT2D eigenvalue weighted by atomic mass is 9.48. The maximum atomic E-state index is 11.9. The third-order valence-electron chi connectivity index (χ3n) is 4.87. The second-order valence-electron chi connectivity index (χ2n) is 5.92. The molecule has 4 aliphatic rings. The quantitative estimate of drug-likeness (QED) is 0.700. The number of hydrogen-bond acceptors (Lipinski definition) is 2. The van der Waals surface area contributed by atoms with E-state index in [1.807, 2.05) is 0 Å². The molecule has 4 bridgehead atoms. The first-order valence-corrected chi connectivity index (χ1v) is 6.07. The van der Waals surface area contributed by atoms with Crippen molar-refractivity contribution in [3.05, 3.63) is 12.7 Å². The summed E-state index contributed by atoms with van der Waals surface area (Å²) in [6.07, 6.45) is 7.47. The van der Waals surface area contributed by atoms with Crippen molar-refractivity contribution in [2.75, 3.05) is 0 Å². The molecule has 2 nitrogen and oxygen atoms in total. The topological polar surface area (TPSA) is 43.1 Å². The SMILES string of the molecule is C=CC(=O)C1C2CC3CC(C2)CC1(N)C3. The van der Waals surface area contributed by atoms with E-state index in [0.29, 0.717) is 5.92 Å². The molecule has 4 saturated carbocycles. The van der Waals surface area contributed by atoms with Crippen molar-refractivity contribution in [2.45, 2.75) is 37.6 Å². The fourth-order valence-electron chi connectivity index (χ4n) is 4.75. The Kier molecular flexibility index (Phi) is 1.88. The summed E-state index contributed by atoms with van der Waals surface area (Å²) < 4.78 is 0. The van der Waals surface area contributed by atoms with Gasteiger partial charge in [-0.1, -0.05) is 6.58 Å². The van der Waals surface area contributed by atoms with Crippen LogP contribution in [0.1, 0.15) is 32.1 Å². The first-order chi connectivity index (χ1) is 7.12. The van der Waals surface area contributed by atoms with Gasteiger partial charge in [-0.3, -0.25) is 4.79 Å². The van der Waals surface area contributed by atoms with E-state index in [2.05, 4.69) is 6.58 Å². The summed E-state index contributed by atoms with van der Waals surface area (Å²) >= 11 is 0. The number of allylic oxidation sites excluding steroid dienone is 1. The molecule has 3 atom stereocenters. The van der Waals surface area contributed by atoms with Gasteiger partial charge in [0, 0.05) is 11.5 Å². The van der Waals surface area contributed by atoms with Gasteiger partial charge in [0.05, 0.1) is 0 Å². The maximum Gasteiger partial charge on any atom is 0.160 e. The molecular weight excluding hydrogens is 186 g/mol. The second-order valence-corrected chi connectivity index (χ2v) is 5.92. The third kappa shape index (κ3) is 1.24. The van der Waals surface area contributed by atoms with Crippen molar-refractivity contribution in [3.63, 3.8) is 0 Å². The van der Waals surface area contributed by atoms with E-state index >= 15 is 0 Å². The Morgan fingerprint density at radius 3 is 2.33 bits per heavy atom. The minimum atomic E-state index is -0.181. The van der Waals surface area contributed by atoms with E-state index in [9.17, 15) is 4.79 Å². The number of nitrogens with two attached hydrogens (primary N) is 1. The van der Waals surface area contributed by atoms with Gasteiger partial charge in [0.1, 0.15) is 0 Å². The van der Waals surface area contributed by atoms with Gasteiger partial charge in [0.25, 0.3) is 0 Å². The molecule has 0 aromatic carbocycles. The smallest absolute Gasteiger partial charge is 0.160 e. The zero-order valence-corrected chi connectivity index (χ0v) is 9.11. The summed E-state index contributed by atoms with van der Waals surface area (Å²) in [6.45, 7) is 3.62. The average molecular weight is 205 g/mol. The predicted molar refractivity (Wildman–Crippen MR) is 59.2 cm³/mol. The first-order valence-electron chi connectivity index (χ1n) is 6.07. The molecule has 2 N–H and O–H groups in total. The highest BCUT2D eigenvalue weighted by Gasteiger charge is 2.56. The molecule has 0 aromatic rings. The largest absolute Gasteiger partial charge is 0.324 e. The van der Waals surface area contributed by atoms with Crippen LogP contribution in [-0.2, 0) is 4.79 Å². The summed E-state index contributed by atoms with van der Waals surface area (Å²) in [5.74, 6) is 2.46. The van der Waals surface area contributed by atoms with Crippen LogP contribution < -0.4 is 5.73 Å². The van der Waals surface area contributed by atoms with Crippen molar-refractivity contribution in [1.82, 2.24) is 0 Å². The van der Waals surface area contributed by atoms with Gasteiger partial charge in [0.2, 0.25) is 0 Å². The number of ketones is 1. The van der Waals surface area contributed by atoms with E-state index in [0.717, 1.165) is 24.7 Å². The van der Waals surface area contributed by atoms with Crippen molar-refractivity contribution >= 4 is 5.78 Å². The van der Waals surface area contributed by atoms with Crippen LogP contribution >= 0.6 is 0 Å². The predicted octanol–water partition coefficient (Wildman–Crippen LogP) is 1.90. The summed E-state index contributed by atoms with van der Waals surface area (Å²) in [7, 11) is 0. The monoisotopic (exact) mass is 205 g/mol. The van der Waals surface area contributed by atoms with Gasteiger partial charge in [-0.25, -0.2) is 0 Å². The average Bonchev–Trinajstić information content (AvgIpc) is 2.14. The lowest BCUT2D eigenvalue weighted by Crippen LogP contribution is -2.64. The Hall–Kier alpha value is -0.630. The van der Waals surface area contributed by atoms with Crippen LogP contribution in [0.25, 0.3) is 0 Å². The Morgan fingerprint density at radius 2 is 1.87 bits per heavy atom. The number of hydrogen-bond donors (Lipinski definition) is 1. The zero-order chi connectivity index (χ0) is 10.6. The second kappa shape index (κ2) is 2.94. The zero-order valence-electron chi connectivity index (χ0n) is 9.11. The van der Waals surface area contributed by atoms with E-state index in [1.165, 1.54) is 25.3 Å². The van der Waals surface area contributed by atoms with Crippen LogP contribution in [-0.4, -0.2) is 11.3 Å². The molecule has 0 saturated heterocycles. The van der Waals surface area contributed by atoms with Crippen LogP contribution in [0.2, 0.25) is 0 Å². The standard InChI is InChI=1S/C13H19NO/c1-2-11(15)12-10-4-8-3-9(5-10)7-13(12,14)6-8/h2,8-10,12H,1,3-7,14H2. The molecule has 0 radical (unpaired) electrons. The maximum absolute atomic E-state index is 11.9. The molecule has 0 aromatic heterocycles. The summed E-state index contributed by atoms with van der Waals surface area (Å²) in [5.41, 5.74) is 6.29. The van der Waals surface area contributed by atoms with Crippen LogP contribution in [0.4, 0.5) is 0 Å². The van der Waals surface area contributed by atoms with Crippen LogP contribution in [0.3, 0.4) is 0 Å². The third-order valence-corrected chi connectivity index (χ3v) is 4.87. The molecule has 15 heavy (non-hydrogen) atoms. The van der Waals surface area contributed by atoms with Crippen LogP contribution in [0.15, 0.2) is 12.7 Å². The van der Waals surface area contributed by atoms with E-state index in [1.54, 1.807) is 0 Å². The molecule has 0 amide bonds. The van der Waals surface area contributed by atoms with Crippen LogP contribution in [0.5, 0.6) is 0 Å². The van der Waals surface area contributed by atoms with E-state index < -0.39 is 0 Å². The number of carbonyl (C=O) groups is 1. The molecule has 0 heterocycles. The highest BCUT2D eigenvalue weighted by molar-refractivity contribution is 5.92. The van der Waals surface area contributed by atoms with Gasteiger partial charge in [0.15, 0.2) is 5.78 Å². The van der Waals surface area contributed by atoms with Crippen molar-refractivity contribution < 1.29 is 4.79 Å². The highest BCUT2D eigenvalue weighted by Crippen LogP contribution is 2.57. The highest BCUT2D eigenvalue weighted by atomic mass is 16.1. The fraction of sp³-hybridized carbons (Fsp3) is 0.769. The number of carbonyl (C=O) groups excluding carboxylic acids is 1. The molecule has 4 aliphatic carbocycles. The molecular formula is C13H19NO. The van der Waals surface area contributed by atoms with Gasteiger partial charge in [-0.05, 0) is 55.9 Å². The Balaban J connectivity index is 1.96. The summed E-state index contributed by atoms with van der Waals surface area (Å²) in [6, 6.07) is 0. The molecule has 3 unspecified atom stereocenters. The molecule has 0 spiro atoms. The number of rotatable bonds is 2. The summed E-state index contributed by atoms with van der Waals surface area (Å²) in [4.78, 5) is 11.9. The summed E-state index contributed by atoms with van der Waals surface area (Å²) in [5, 5.41) is 0. The fourth-order valence-corrected chi connectivity index (χ4v) is 4.75. The molecule has 0 aliphatic heterocycles. The van der Waals surface area contributed by atoms with Gasteiger partial charge < -0.3 is 5.73 Å². The van der Waals surface area contributed by atoms with E-state index in [4.69, 9.17) is 5.73 Å². The van der Waals surface area contributed by atoms with Gasteiger partial charge in [-0.15, -0.1) is 0 Å². The molecule has 82 valence electrons. The van der Waals surface area contributed by atoms with Crippen molar-refractivity contribution in [2.24, 2.45) is 29.4 Å². The molecule has 4 rings (SSSR count). The van der Waals surface area contributed by atoms with Gasteiger partial charge in [-0.2, -0.15) is 0 Å². The molecule has 4 fully saturated rings. The molecule has 2 heteroatoms. The van der Waals surface area contributed by atoms with Crippen molar-refractivity contribution in [1.29, 1.82) is 0 Å². The minimum Gasteiger partial charge on any atom is -0.324 e. The van der Waals surface area contributed by atoms with Crippen LogP contribution in [0, 0.1) is 23.7 Å². The van der Waals surface area contributed by atoms with E-state index in [-0.39, 0.29) is 17.2 Å². The Morgan fingerprint density at radius 1 is 1.27 bits per heavy atom. The lowest BCUT2D eigenvalue weighted by Gasteiger charge is -2.59. The minimum absolute atomic E-state index is 0.0859. The Labute approximate surface area is 90.9 Å². The van der Waals surface area contributed by atoms with Crippen molar-refractivity contribution in [3.8, 4) is 0 Å². The first kappa shape index (κ1) is 9.59. The normalized spacial score (nSPS) is 51.8.